The van der Waals surface area contributed by atoms with Gasteiger partial charge < -0.3 is 29.7 Å². The first-order valence-corrected chi connectivity index (χ1v) is 20.9. The fraction of sp³-hybridized carbons (Fsp3) is 0.641. The van der Waals surface area contributed by atoms with Gasteiger partial charge in [-0.1, -0.05) is 52.0 Å². The highest BCUT2D eigenvalue weighted by Crippen LogP contribution is 2.46. The largest absolute Gasteiger partial charge is 0.479 e. The monoisotopic (exact) mass is 790 g/mol. The number of nitrogens with one attached hydrogen (secondary N) is 3. The number of benzene rings is 1. The number of hydrogen-bond acceptors (Lipinski definition) is 11. The van der Waals surface area contributed by atoms with E-state index in [1.54, 1.807) is 26.8 Å². The van der Waals surface area contributed by atoms with E-state index in [4.69, 9.17) is 14.2 Å². The summed E-state index contributed by atoms with van der Waals surface area (Å²) < 4.78 is 45.2. The van der Waals surface area contributed by atoms with Crippen molar-refractivity contribution in [2.45, 2.75) is 128 Å². The Labute approximate surface area is 328 Å². The van der Waals surface area contributed by atoms with E-state index in [9.17, 15) is 27.6 Å². The van der Waals surface area contributed by atoms with Gasteiger partial charge in [0.2, 0.25) is 33.6 Å². The van der Waals surface area contributed by atoms with Gasteiger partial charge in [0.15, 0.2) is 0 Å². The second kappa shape index (κ2) is 16.7. The topological polar surface area (TPSA) is 195 Å². The van der Waals surface area contributed by atoms with E-state index in [1.165, 1.54) is 12.0 Å². The summed E-state index contributed by atoms with van der Waals surface area (Å²) in [5.41, 5.74) is -2.34. The average Bonchev–Trinajstić information content (AvgIpc) is 4.06. The number of sulfonamides is 1. The maximum atomic E-state index is 14.7. The predicted molar refractivity (Wildman–Crippen MR) is 212 cm³/mol. The summed E-state index contributed by atoms with van der Waals surface area (Å²) in [5, 5.41) is 14.7. The SMILES string of the molecule is CC.COc1nnc(O[C@@H]2C[C@H]3C(=O)N[C@]4(C(=O)NS(=O)(=O)C5CC5)C[C@H]4/C=C\CC[C@@H](C)C[C@@H](C)[C@H](NC(=O)OC(C)(C)C)C(=O)N3C2)c2ccccc12.[HH].[HH].[HH]. The van der Waals surface area contributed by atoms with E-state index in [1.807, 2.05) is 51.1 Å². The molecule has 4 amide bonds. The van der Waals surface area contributed by atoms with Crippen LogP contribution in [0, 0.1) is 17.8 Å². The summed E-state index contributed by atoms with van der Waals surface area (Å²) in [7, 11) is -2.41. The lowest BCUT2D eigenvalue weighted by molar-refractivity contribution is -0.142. The van der Waals surface area contributed by atoms with Gasteiger partial charge in [0, 0.05) is 16.6 Å². The first kappa shape index (κ1) is 41.7. The van der Waals surface area contributed by atoms with E-state index in [0.717, 1.165) is 6.42 Å². The first-order chi connectivity index (χ1) is 26.0. The van der Waals surface area contributed by atoms with Gasteiger partial charge in [-0.15, -0.1) is 10.2 Å². The van der Waals surface area contributed by atoms with Crippen molar-refractivity contribution in [2.75, 3.05) is 13.7 Å². The molecule has 3 N–H and O–H groups in total. The summed E-state index contributed by atoms with van der Waals surface area (Å²) in [4.78, 5) is 57.4. The third-order valence-corrected chi connectivity index (χ3v) is 12.2. The van der Waals surface area contributed by atoms with Gasteiger partial charge in [0.05, 0.1) is 29.7 Å². The number of fused-ring (bicyclic) bond motifs is 3. The number of methoxy groups -OCH3 is 1. The lowest BCUT2D eigenvalue weighted by Crippen LogP contribution is -2.59. The van der Waals surface area contributed by atoms with Crippen LogP contribution in [0.2, 0.25) is 0 Å². The molecule has 16 heteroatoms. The molecule has 2 aliphatic heterocycles. The minimum atomic E-state index is -3.90. The fourth-order valence-corrected chi connectivity index (χ4v) is 8.75. The predicted octanol–water partition coefficient (Wildman–Crippen LogP) is 5.14. The summed E-state index contributed by atoms with van der Waals surface area (Å²) in [6.45, 7) is 13.1. The third kappa shape index (κ3) is 9.68. The summed E-state index contributed by atoms with van der Waals surface area (Å²) in [6, 6.07) is 5.06. The van der Waals surface area contributed by atoms with Crippen LogP contribution in [0.5, 0.6) is 11.8 Å². The van der Waals surface area contributed by atoms with Crippen molar-refractivity contribution >= 4 is 44.6 Å². The summed E-state index contributed by atoms with van der Waals surface area (Å²) in [5.74, 6) is -2.11. The third-order valence-electron chi connectivity index (χ3n) is 10.4. The van der Waals surface area contributed by atoms with Crippen molar-refractivity contribution < 1.29 is 46.1 Å². The van der Waals surface area contributed by atoms with Crippen LogP contribution in [0.25, 0.3) is 10.8 Å². The fourth-order valence-electron chi connectivity index (χ4n) is 7.38. The number of aromatic nitrogens is 2. The van der Waals surface area contributed by atoms with E-state index in [2.05, 4.69) is 32.5 Å². The molecule has 0 bridgehead atoms. The molecule has 0 radical (unpaired) electrons. The number of alkyl carbamates (subject to hydrolysis) is 1. The summed E-state index contributed by atoms with van der Waals surface area (Å²) in [6.07, 6.45) is 5.48. The van der Waals surface area contributed by atoms with Gasteiger partial charge in [-0.25, -0.2) is 13.2 Å². The Morgan fingerprint density at radius 3 is 2.31 bits per heavy atom. The van der Waals surface area contributed by atoms with E-state index in [-0.39, 0.29) is 41.4 Å². The second-order valence-corrected chi connectivity index (χ2v) is 17.9. The van der Waals surface area contributed by atoms with Crippen LogP contribution in [0.3, 0.4) is 0 Å². The zero-order chi connectivity index (χ0) is 40.3. The van der Waals surface area contributed by atoms with Crippen LogP contribution >= 0.6 is 0 Å². The van der Waals surface area contributed by atoms with Gasteiger partial charge in [-0.2, -0.15) is 0 Å². The molecular weight excluding hydrogens is 729 g/mol. The number of hydrogen-bond donors (Lipinski definition) is 3. The standard InChI is InChI=1S/C37H50N6O9S.C2H6.3H2/c1-21-11-7-8-12-23-19-37(23,34(46)42-53(48,49)25-15-16-25)39-30(44)28-18-24(51-32-27-14-10-9-13-26(27)31(50-6)40-41-32)20-43(28)33(45)29(22(2)17-21)38-35(47)52-36(3,4)5;1-2;;;/h8-10,12-14,21-25,28-29H,7,11,15-20H2,1-6H3,(H,38,47)(H,39,44)(H,42,46);1-2H3;3*1H/b12-8-;;;;/t21-,22-,23-,24-,28+,29+,37-;;;;/m1..../s1. The number of nitrogens with zero attached hydrogens (tertiary/aromatic N) is 3. The molecule has 7 atom stereocenters. The maximum absolute atomic E-state index is 14.7. The Bertz CT molecular complexity index is 1910. The molecule has 2 aromatic rings. The van der Waals surface area contributed by atoms with Crippen LogP contribution in [0.15, 0.2) is 36.4 Å². The number of carbonyl (C=O) groups is 4. The smallest absolute Gasteiger partial charge is 0.408 e. The molecule has 308 valence electrons. The number of ether oxygens (including phenoxy) is 3. The van der Waals surface area contributed by atoms with Gasteiger partial charge in [0.25, 0.3) is 5.91 Å². The molecule has 0 unspecified atom stereocenters. The lowest BCUT2D eigenvalue weighted by Gasteiger charge is -2.33. The minimum absolute atomic E-state index is 0. The van der Waals surface area contributed by atoms with Crippen LogP contribution in [0.4, 0.5) is 4.79 Å². The molecule has 1 saturated heterocycles. The van der Waals surface area contributed by atoms with Crippen molar-refractivity contribution in [3.05, 3.63) is 36.4 Å². The number of allylic oxidation sites excluding steroid dienone is 1. The average molecular weight is 791 g/mol. The van der Waals surface area contributed by atoms with Gasteiger partial charge >= 0.3 is 6.09 Å². The van der Waals surface area contributed by atoms with Crippen LogP contribution in [-0.4, -0.2) is 95.6 Å². The zero-order valence-corrected chi connectivity index (χ0v) is 33.9. The lowest BCUT2D eigenvalue weighted by atomic mass is 9.88. The van der Waals surface area contributed by atoms with Crippen molar-refractivity contribution in [3.63, 3.8) is 0 Å². The van der Waals surface area contributed by atoms with Gasteiger partial charge in [-0.3, -0.25) is 19.1 Å². The van der Waals surface area contributed by atoms with E-state index < -0.39 is 74.3 Å². The Hall–Kier alpha value is -4.47. The molecular formula is C39H62N6O9S. The number of carbonyl (C=O) groups excluding carboxylic acids is 4. The molecule has 1 aromatic heterocycles. The molecule has 6 rings (SSSR count). The normalized spacial score (nSPS) is 29.1. The molecule has 1 aromatic carbocycles. The highest BCUT2D eigenvalue weighted by Gasteiger charge is 2.62. The molecule has 2 aliphatic carbocycles. The molecule has 0 spiro atoms. The van der Waals surface area contributed by atoms with Crippen molar-refractivity contribution in [1.82, 2.24) is 30.5 Å². The molecule has 3 heterocycles. The van der Waals surface area contributed by atoms with Crippen LogP contribution in [-0.2, 0) is 29.1 Å². The minimum Gasteiger partial charge on any atom is -0.479 e. The molecule has 2 saturated carbocycles. The highest BCUT2D eigenvalue weighted by atomic mass is 32.2. The Kier molecular flexibility index (Phi) is 12.7. The van der Waals surface area contributed by atoms with Crippen LogP contribution < -0.4 is 24.8 Å². The number of rotatable bonds is 7. The van der Waals surface area contributed by atoms with Crippen molar-refractivity contribution in [2.24, 2.45) is 17.8 Å². The summed E-state index contributed by atoms with van der Waals surface area (Å²) >= 11 is 0. The second-order valence-electron chi connectivity index (χ2n) is 15.9. The highest BCUT2D eigenvalue weighted by molar-refractivity contribution is 7.91. The molecule has 15 nitrogen and oxygen atoms in total. The van der Waals surface area contributed by atoms with Gasteiger partial charge in [0.1, 0.15) is 29.3 Å². The quantitative estimate of drug-likeness (QED) is 0.315. The Morgan fingerprint density at radius 1 is 1.02 bits per heavy atom. The van der Waals surface area contributed by atoms with Crippen molar-refractivity contribution in [1.29, 1.82) is 0 Å². The van der Waals surface area contributed by atoms with E-state index >= 15 is 0 Å². The van der Waals surface area contributed by atoms with Gasteiger partial charge in [-0.05, 0) is 83.3 Å². The zero-order valence-electron chi connectivity index (χ0n) is 33.1. The molecule has 55 heavy (non-hydrogen) atoms. The molecule has 4 aliphatic rings. The first-order valence-electron chi connectivity index (χ1n) is 19.3. The van der Waals surface area contributed by atoms with Crippen molar-refractivity contribution in [3.8, 4) is 11.8 Å². The van der Waals surface area contributed by atoms with Crippen LogP contribution in [0.1, 0.15) is 97.7 Å². The maximum Gasteiger partial charge on any atom is 0.408 e. The van der Waals surface area contributed by atoms with E-state index in [0.29, 0.717) is 42.3 Å². The Morgan fingerprint density at radius 2 is 1.67 bits per heavy atom. The molecule has 3 fully saturated rings. The number of amides is 4. The Balaban J connectivity index is 0.00000228.